The second-order valence-electron chi connectivity index (χ2n) is 4.17. The van der Waals surface area contributed by atoms with E-state index in [0.29, 0.717) is 11.3 Å². The molecule has 2 aromatic heterocycles. The number of rotatable bonds is 1. The Balaban J connectivity index is 2.31. The minimum atomic E-state index is 0.164. The molecule has 0 saturated heterocycles. The Morgan fingerprint density at radius 3 is 2.83 bits per heavy atom. The highest BCUT2D eigenvalue weighted by molar-refractivity contribution is 5.96. The number of fused-ring (bicyclic) bond motifs is 1. The van der Waals surface area contributed by atoms with Crippen molar-refractivity contribution < 1.29 is 4.42 Å². The molecule has 0 atom stereocenters. The van der Waals surface area contributed by atoms with Gasteiger partial charge in [0.25, 0.3) is 0 Å². The molecule has 0 unspecified atom stereocenters. The fraction of sp³-hybridized carbons (Fsp3) is 0.0714. The molecule has 0 bridgehead atoms. The van der Waals surface area contributed by atoms with Crippen LogP contribution in [0.25, 0.3) is 22.2 Å². The number of nitrogen functional groups attached to an aromatic ring is 1. The topological polar surface area (TPSA) is 78.7 Å². The number of H-pyrrole nitrogens is 1. The SMILES string of the molecule is Cc1[nH]c2ccccc2c1-c1cc(C#N)c(N)o1. The van der Waals surface area contributed by atoms with Gasteiger partial charge in [0.15, 0.2) is 0 Å². The lowest BCUT2D eigenvalue weighted by Crippen LogP contribution is -1.82. The Hall–Kier alpha value is -2.67. The van der Waals surface area contributed by atoms with Gasteiger partial charge >= 0.3 is 0 Å². The number of nitrogens with one attached hydrogen (secondary N) is 1. The van der Waals surface area contributed by atoms with Crippen molar-refractivity contribution >= 4 is 16.8 Å². The van der Waals surface area contributed by atoms with Crippen molar-refractivity contribution in [2.75, 3.05) is 5.73 Å². The van der Waals surface area contributed by atoms with Crippen LogP contribution in [0.3, 0.4) is 0 Å². The van der Waals surface area contributed by atoms with Crippen LogP contribution < -0.4 is 5.73 Å². The van der Waals surface area contributed by atoms with Crippen LogP contribution in [-0.4, -0.2) is 4.98 Å². The van der Waals surface area contributed by atoms with Gasteiger partial charge in [-0.15, -0.1) is 0 Å². The number of hydrogen-bond donors (Lipinski definition) is 2. The van der Waals surface area contributed by atoms with Crippen LogP contribution in [0.4, 0.5) is 5.88 Å². The van der Waals surface area contributed by atoms with Crippen LogP contribution in [0.15, 0.2) is 34.7 Å². The van der Waals surface area contributed by atoms with Gasteiger partial charge in [-0.2, -0.15) is 5.26 Å². The molecule has 1 aromatic carbocycles. The number of anilines is 1. The maximum absolute atomic E-state index is 8.91. The van der Waals surface area contributed by atoms with Gasteiger partial charge in [0.05, 0.1) is 0 Å². The monoisotopic (exact) mass is 237 g/mol. The van der Waals surface area contributed by atoms with Crippen LogP contribution in [0.5, 0.6) is 0 Å². The molecule has 0 amide bonds. The molecule has 0 saturated carbocycles. The Bertz CT molecular complexity index is 774. The first-order valence-electron chi connectivity index (χ1n) is 5.58. The Morgan fingerprint density at radius 1 is 1.33 bits per heavy atom. The van der Waals surface area contributed by atoms with E-state index in [1.807, 2.05) is 37.3 Å². The summed E-state index contributed by atoms with van der Waals surface area (Å²) in [5, 5.41) is 9.98. The van der Waals surface area contributed by atoms with E-state index in [2.05, 4.69) is 4.98 Å². The van der Waals surface area contributed by atoms with Crippen LogP contribution in [-0.2, 0) is 0 Å². The van der Waals surface area contributed by atoms with Gasteiger partial charge in [-0.05, 0) is 13.0 Å². The predicted molar refractivity (Wildman–Crippen MR) is 69.9 cm³/mol. The van der Waals surface area contributed by atoms with E-state index >= 15 is 0 Å². The highest BCUT2D eigenvalue weighted by atomic mass is 16.4. The van der Waals surface area contributed by atoms with Crippen molar-refractivity contribution in [2.45, 2.75) is 6.92 Å². The van der Waals surface area contributed by atoms with Crippen LogP contribution in [0, 0.1) is 18.3 Å². The minimum absolute atomic E-state index is 0.164. The number of nitrogens with zero attached hydrogens (tertiary/aromatic N) is 1. The van der Waals surface area contributed by atoms with Crippen molar-refractivity contribution in [1.29, 1.82) is 5.26 Å². The lowest BCUT2D eigenvalue weighted by atomic mass is 10.1. The van der Waals surface area contributed by atoms with Gasteiger partial charge in [-0.1, -0.05) is 18.2 Å². The summed E-state index contributed by atoms with van der Waals surface area (Å²) < 4.78 is 5.47. The summed E-state index contributed by atoms with van der Waals surface area (Å²) in [5.41, 5.74) is 9.02. The molecule has 3 aromatic rings. The number of aromatic amines is 1. The molecule has 0 aliphatic carbocycles. The van der Waals surface area contributed by atoms with Crippen molar-refractivity contribution in [3.8, 4) is 17.4 Å². The molecule has 0 spiro atoms. The van der Waals surface area contributed by atoms with E-state index in [9.17, 15) is 0 Å². The summed E-state index contributed by atoms with van der Waals surface area (Å²) in [6.45, 7) is 1.97. The first-order chi connectivity index (χ1) is 8.70. The lowest BCUT2D eigenvalue weighted by Gasteiger charge is -1.96. The fourth-order valence-corrected chi connectivity index (χ4v) is 2.21. The van der Waals surface area contributed by atoms with Gasteiger partial charge < -0.3 is 15.1 Å². The number of furan rings is 1. The molecule has 4 nitrogen and oxygen atoms in total. The standard InChI is InChI=1S/C14H11N3O/c1-8-13(10-4-2-3-5-11(10)17-8)12-6-9(7-15)14(16)18-12/h2-6,17H,16H2,1H3. The molecule has 0 fully saturated rings. The second kappa shape index (κ2) is 3.67. The van der Waals surface area contributed by atoms with Crippen LogP contribution in [0.1, 0.15) is 11.3 Å². The predicted octanol–water partition coefficient (Wildman–Crippen LogP) is 3.19. The Kier molecular flexibility index (Phi) is 2.14. The zero-order chi connectivity index (χ0) is 12.7. The van der Waals surface area contributed by atoms with E-state index in [1.165, 1.54) is 0 Å². The average molecular weight is 237 g/mol. The van der Waals surface area contributed by atoms with Gasteiger partial charge in [0.1, 0.15) is 17.4 Å². The number of aryl methyl sites for hydroxylation is 1. The number of aromatic nitrogens is 1. The highest BCUT2D eigenvalue weighted by Crippen LogP contribution is 2.35. The number of nitrogens with two attached hydrogens (primary N) is 1. The second-order valence-corrected chi connectivity index (χ2v) is 4.17. The Labute approximate surface area is 104 Å². The molecule has 88 valence electrons. The summed E-state index contributed by atoms with van der Waals surface area (Å²) in [6.07, 6.45) is 0. The molecule has 0 aliphatic rings. The molecule has 4 heteroatoms. The lowest BCUT2D eigenvalue weighted by molar-refractivity contribution is 0.602. The maximum atomic E-state index is 8.91. The minimum Gasteiger partial charge on any atom is -0.439 e. The number of hydrogen-bond acceptors (Lipinski definition) is 3. The van der Waals surface area contributed by atoms with Gasteiger partial charge in [-0.25, -0.2) is 0 Å². The third-order valence-electron chi connectivity index (χ3n) is 3.02. The number of benzene rings is 1. The normalized spacial score (nSPS) is 10.7. The van der Waals surface area contributed by atoms with E-state index < -0.39 is 0 Å². The summed E-state index contributed by atoms with van der Waals surface area (Å²) in [7, 11) is 0. The maximum Gasteiger partial charge on any atom is 0.208 e. The van der Waals surface area contributed by atoms with Crippen LogP contribution in [0.2, 0.25) is 0 Å². The first-order valence-corrected chi connectivity index (χ1v) is 5.58. The third-order valence-corrected chi connectivity index (χ3v) is 3.02. The zero-order valence-electron chi connectivity index (χ0n) is 9.82. The van der Waals surface area contributed by atoms with E-state index in [-0.39, 0.29) is 5.88 Å². The molecular weight excluding hydrogens is 226 g/mol. The number of nitriles is 1. The van der Waals surface area contributed by atoms with Crippen LogP contribution >= 0.6 is 0 Å². The summed E-state index contributed by atoms with van der Waals surface area (Å²) >= 11 is 0. The average Bonchev–Trinajstić information content (AvgIpc) is 2.88. The summed E-state index contributed by atoms with van der Waals surface area (Å²) in [5.74, 6) is 0.788. The van der Waals surface area contributed by atoms with Gasteiger partial charge in [0.2, 0.25) is 5.88 Å². The third kappa shape index (κ3) is 1.38. The molecule has 0 radical (unpaired) electrons. The van der Waals surface area contributed by atoms with E-state index in [0.717, 1.165) is 22.2 Å². The van der Waals surface area contributed by atoms with E-state index in [1.54, 1.807) is 6.07 Å². The molecule has 3 N–H and O–H groups in total. The first kappa shape index (κ1) is 10.5. The molecule has 18 heavy (non-hydrogen) atoms. The molecule has 2 heterocycles. The van der Waals surface area contributed by atoms with Crippen molar-refractivity contribution in [1.82, 2.24) is 4.98 Å². The van der Waals surface area contributed by atoms with Crippen molar-refractivity contribution in [3.63, 3.8) is 0 Å². The van der Waals surface area contributed by atoms with Gasteiger partial charge in [-0.3, -0.25) is 0 Å². The van der Waals surface area contributed by atoms with Gasteiger partial charge in [0, 0.05) is 28.2 Å². The smallest absolute Gasteiger partial charge is 0.208 e. The zero-order valence-corrected chi connectivity index (χ0v) is 9.82. The van der Waals surface area contributed by atoms with Crippen molar-refractivity contribution in [3.05, 3.63) is 41.6 Å². The molecule has 0 aliphatic heterocycles. The van der Waals surface area contributed by atoms with Crippen molar-refractivity contribution in [2.24, 2.45) is 0 Å². The molecular formula is C14H11N3O. The Morgan fingerprint density at radius 2 is 2.11 bits per heavy atom. The number of para-hydroxylation sites is 1. The largest absolute Gasteiger partial charge is 0.439 e. The summed E-state index contributed by atoms with van der Waals surface area (Å²) in [6, 6.07) is 11.7. The highest BCUT2D eigenvalue weighted by Gasteiger charge is 2.16. The quantitative estimate of drug-likeness (QED) is 0.682. The van der Waals surface area contributed by atoms with E-state index in [4.69, 9.17) is 15.4 Å². The fourth-order valence-electron chi connectivity index (χ4n) is 2.21. The summed E-state index contributed by atoms with van der Waals surface area (Å²) in [4.78, 5) is 3.29. The molecule has 3 rings (SSSR count).